The summed E-state index contributed by atoms with van der Waals surface area (Å²) < 4.78 is 93.6. The highest BCUT2D eigenvalue weighted by Gasteiger charge is 2.75. The third-order valence-electron chi connectivity index (χ3n) is 7.10. The molecule has 1 aliphatic carbocycles. The van der Waals surface area contributed by atoms with Gasteiger partial charge in [0.1, 0.15) is 5.75 Å². The van der Waals surface area contributed by atoms with Crippen molar-refractivity contribution in [2.24, 2.45) is 5.92 Å². The average molecular weight is 519 g/mol. The van der Waals surface area contributed by atoms with E-state index in [9.17, 15) is 30.7 Å². The van der Waals surface area contributed by atoms with E-state index in [1.165, 1.54) is 69.1 Å². The quantitative estimate of drug-likeness (QED) is 0.212. The molecule has 0 bridgehead atoms. The second-order valence-corrected chi connectivity index (χ2v) is 9.76. The normalized spacial score (nSPS) is 19.3. The van der Waals surface area contributed by atoms with Crippen molar-refractivity contribution in [1.82, 2.24) is 0 Å². The summed E-state index contributed by atoms with van der Waals surface area (Å²) in [6, 6.07) is 12.5. The second kappa shape index (κ2) is 11.9. The Morgan fingerprint density at radius 1 is 0.694 bits per heavy atom. The van der Waals surface area contributed by atoms with Crippen LogP contribution >= 0.6 is 0 Å². The van der Waals surface area contributed by atoms with Gasteiger partial charge >= 0.3 is 18.2 Å². The smallest absolute Gasteiger partial charge is 0.428 e. The lowest BCUT2D eigenvalue weighted by molar-refractivity contribution is -0.402. The highest BCUT2D eigenvalue weighted by molar-refractivity contribution is 5.64. The summed E-state index contributed by atoms with van der Waals surface area (Å²) in [5.74, 6) is -5.79. The van der Waals surface area contributed by atoms with E-state index in [1.54, 1.807) is 0 Å². The van der Waals surface area contributed by atoms with Crippen LogP contribution in [-0.4, -0.2) is 18.2 Å². The van der Waals surface area contributed by atoms with Gasteiger partial charge in [-0.05, 0) is 66.3 Å². The fourth-order valence-electron chi connectivity index (χ4n) is 4.86. The van der Waals surface area contributed by atoms with Gasteiger partial charge in [-0.25, -0.2) is 0 Å². The summed E-state index contributed by atoms with van der Waals surface area (Å²) in [6.45, 7) is 2.22. The first-order valence-corrected chi connectivity index (χ1v) is 12.7. The van der Waals surface area contributed by atoms with Gasteiger partial charge in [0.2, 0.25) is 0 Å². The van der Waals surface area contributed by atoms with Crippen molar-refractivity contribution in [2.75, 3.05) is 0 Å². The number of hydrogen-bond donors (Lipinski definition) is 0. The van der Waals surface area contributed by atoms with E-state index in [4.69, 9.17) is 0 Å². The lowest BCUT2D eigenvalue weighted by Gasteiger charge is -2.29. The number of rotatable bonds is 11. The summed E-state index contributed by atoms with van der Waals surface area (Å²) in [7, 11) is 0. The molecule has 0 N–H and O–H groups in total. The van der Waals surface area contributed by atoms with E-state index in [0.717, 1.165) is 36.5 Å². The minimum Gasteiger partial charge on any atom is -0.428 e. The number of ether oxygens (including phenoxy) is 1. The molecule has 0 atom stereocenters. The molecule has 1 saturated carbocycles. The first-order chi connectivity index (χ1) is 16.9. The maximum Gasteiger partial charge on any atom is 0.474 e. The topological polar surface area (TPSA) is 9.23 Å². The Balaban J connectivity index is 1.54. The van der Waals surface area contributed by atoms with Crippen molar-refractivity contribution in [2.45, 2.75) is 95.3 Å². The Labute approximate surface area is 208 Å². The molecule has 200 valence electrons. The molecule has 2 aromatic rings. The predicted molar refractivity (Wildman–Crippen MR) is 127 cm³/mol. The van der Waals surface area contributed by atoms with Gasteiger partial charge in [0.15, 0.2) is 0 Å². The van der Waals surface area contributed by atoms with Gasteiger partial charge in [-0.15, -0.1) is 0 Å². The molecule has 1 aliphatic rings. The van der Waals surface area contributed by atoms with Crippen molar-refractivity contribution in [1.29, 1.82) is 0 Å². The first-order valence-electron chi connectivity index (χ1n) is 12.7. The molecule has 1 nitrogen and oxygen atoms in total. The molecular formula is C28H33F7O. The van der Waals surface area contributed by atoms with Crippen molar-refractivity contribution in [3.8, 4) is 16.9 Å². The molecule has 2 aromatic carbocycles. The molecule has 8 heteroatoms. The Bertz CT molecular complexity index is 928. The lowest BCUT2D eigenvalue weighted by atomic mass is 9.77. The molecular weight excluding hydrogens is 485 g/mol. The summed E-state index contributed by atoms with van der Waals surface area (Å²) in [5, 5.41) is 0. The summed E-state index contributed by atoms with van der Waals surface area (Å²) in [4.78, 5) is 0. The molecule has 0 amide bonds. The van der Waals surface area contributed by atoms with Crippen LogP contribution in [0.1, 0.15) is 82.6 Å². The minimum absolute atomic E-state index is 0.503. The predicted octanol–water partition coefficient (Wildman–Crippen LogP) is 10.2. The standard InChI is InChI=1S/C28H33F7O/c1-2-3-4-5-6-7-20-8-10-21(11-9-20)22-12-14-23(15-13-22)24-16-18-25(19-17-24)36-28(34,35)26(29,30)27(31,32)33/h12-21H,2-11H2,1H3. The zero-order chi connectivity index (χ0) is 26.4. The summed E-state index contributed by atoms with van der Waals surface area (Å²) >= 11 is 0. The number of alkyl halides is 7. The van der Waals surface area contributed by atoms with Gasteiger partial charge in [-0.3, -0.25) is 0 Å². The first kappa shape index (κ1) is 28.3. The molecule has 0 spiro atoms. The van der Waals surface area contributed by atoms with Crippen LogP contribution in [-0.2, 0) is 0 Å². The second-order valence-electron chi connectivity index (χ2n) is 9.76. The van der Waals surface area contributed by atoms with E-state index in [0.29, 0.717) is 11.5 Å². The molecule has 0 aliphatic heterocycles. The third-order valence-corrected chi connectivity index (χ3v) is 7.10. The van der Waals surface area contributed by atoms with Crippen LogP contribution in [0.2, 0.25) is 0 Å². The SMILES string of the molecule is CCCCCCCC1CCC(c2ccc(-c3ccc(OC(F)(F)C(F)(F)C(F)(F)F)cc3)cc2)CC1. The van der Waals surface area contributed by atoms with E-state index in [1.807, 2.05) is 24.3 Å². The number of hydrogen-bond acceptors (Lipinski definition) is 1. The van der Waals surface area contributed by atoms with Crippen LogP contribution in [0, 0.1) is 5.92 Å². The van der Waals surface area contributed by atoms with Crippen LogP contribution in [0.25, 0.3) is 11.1 Å². The monoisotopic (exact) mass is 518 g/mol. The van der Waals surface area contributed by atoms with Crippen LogP contribution in [0.3, 0.4) is 0 Å². The van der Waals surface area contributed by atoms with E-state index in [-0.39, 0.29) is 0 Å². The zero-order valence-corrected chi connectivity index (χ0v) is 20.4. The van der Waals surface area contributed by atoms with Crippen molar-refractivity contribution in [3.63, 3.8) is 0 Å². The molecule has 36 heavy (non-hydrogen) atoms. The van der Waals surface area contributed by atoms with Crippen LogP contribution in [0.5, 0.6) is 5.75 Å². The van der Waals surface area contributed by atoms with Crippen molar-refractivity contribution >= 4 is 0 Å². The van der Waals surface area contributed by atoms with Crippen molar-refractivity contribution < 1.29 is 35.5 Å². The average Bonchev–Trinajstić information content (AvgIpc) is 2.84. The molecule has 0 radical (unpaired) electrons. The molecule has 0 unspecified atom stereocenters. The molecule has 0 saturated heterocycles. The maximum absolute atomic E-state index is 13.5. The zero-order valence-electron chi connectivity index (χ0n) is 20.4. The van der Waals surface area contributed by atoms with Crippen LogP contribution in [0.4, 0.5) is 30.7 Å². The molecule has 0 heterocycles. The number of unbranched alkanes of at least 4 members (excludes halogenated alkanes) is 4. The van der Waals surface area contributed by atoms with Gasteiger partial charge in [0.05, 0.1) is 0 Å². The van der Waals surface area contributed by atoms with Gasteiger partial charge in [-0.1, -0.05) is 81.8 Å². The molecule has 0 aromatic heterocycles. The third kappa shape index (κ3) is 6.94. The Hall–Kier alpha value is -2.25. The highest BCUT2D eigenvalue weighted by atomic mass is 19.4. The fraction of sp³-hybridized carbons (Fsp3) is 0.571. The molecule has 1 fully saturated rings. The van der Waals surface area contributed by atoms with Gasteiger partial charge in [0, 0.05) is 0 Å². The minimum atomic E-state index is -6.44. The van der Waals surface area contributed by atoms with Gasteiger partial charge in [-0.2, -0.15) is 30.7 Å². The summed E-state index contributed by atoms with van der Waals surface area (Å²) in [6.07, 6.45) is 0.467. The van der Waals surface area contributed by atoms with Gasteiger partial charge < -0.3 is 4.74 Å². The Morgan fingerprint density at radius 3 is 1.75 bits per heavy atom. The lowest BCUT2D eigenvalue weighted by Crippen LogP contribution is -2.55. The van der Waals surface area contributed by atoms with E-state index < -0.39 is 24.0 Å². The van der Waals surface area contributed by atoms with E-state index in [2.05, 4.69) is 11.7 Å². The van der Waals surface area contributed by atoms with Gasteiger partial charge in [0.25, 0.3) is 0 Å². The number of halogens is 7. The summed E-state index contributed by atoms with van der Waals surface area (Å²) in [5.41, 5.74) is 2.62. The van der Waals surface area contributed by atoms with Crippen molar-refractivity contribution in [3.05, 3.63) is 54.1 Å². The van der Waals surface area contributed by atoms with Crippen LogP contribution in [0.15, 0.2) is 48.5 Å². The largest absolute Gasteiger partial charge is 0.474 e. The number of benzene rings is 2. The molecule has 3 rings (SSSR count). The fourth-order valence-corrected chi connectivity index (χ4v) is 4.86. The van der Waals surface area contributed by atoms with E-state index >= 15 is 0 Å². The Kier molecular flexibility index (Phi) is 9.33. The maximum atomic E-state index is 13.5. The highest BCUT2D eigenvalue weighted by Crippen LogP contribution is 2.47. The van der Waals surface area contributed by atoms with Crippen LogP contribution < -0.4 is 4.74 Å². The Morgan fingerprint density at radius 2 is 1.22 bits per heavy atom.